The van der Waals surface area contributed by atoms with Crippen molar-refractivity contribution in [3.8, 4) is 0 Å². The zero-order valence-corrected chi connectivity index (χ0v) is 11.7. The SMILES string of the molecule is C=CCSCCNc1ccc([N+](=O)[O-])c2ccncc12. The number of aromatic nitrogens is 1. The number of nitro groups is 1. The minimum Gasteiger partial charge on any atom is -0.384 e. The van der Waals surface area contributed by atoms with Crippen molar-refractivity contribution in [3.63, 3.8) is 0 Å². The van der Waals surface area contributed by atoms with Crippen LogP contribution >= 0.6 is 11.8 Å². The van der Waals surface area contributed by atoms with Gasteiger partial charge in [0.25, 0.3) is 5.69 Å². The van der Waals surface area contributed by atoms with Crippen molar-refractivity contribution >= 4 is 33.9 Å². The Hall–Kier alpha value is -2.08. The molecular weight excluding hydrogens is 274 g/mol. The van der Waals surface area contributed by atoms with Gasteiger partial charge in [0.05, 0.1) is 10.3 Å². The van der Waals surface area contributed by atoms with Crippen molar-refractivity contribution in [2.45, 2.75) is 0 Å². The van der Waals surface area contributed by atoms with Gasteiger partial charge in [0.2, 0.25) is 0 Å². The molecule has 0 aliphatic carbocycles. The number of nitrogens with one attached hydrogen (secondary N) is 1. The van der Waals surface area contributed by atoms with E-state index in [-0.39, 0.29) is 10.6 Å². The molecule has 0 saturated carbocycles. The van der Waals surface area contributed by atoms with E-state index in [2.05, 4.69) is 16.9 Å². The molecule has 1 N–H and O–H groups in total. The number of nitrogens with zero attached hydrogens (tertiary/aromatic N) is 2. The summed E-state index contributed by atoms with van der Waals surface area (Å²) < 4.78 is 0. The van der Waals surface area contributed by atoms with Crippen molar-refractivity contribution in [2.75, 3.05) is 23.4 Å². The Morgan fingerprint density at radius 1 is 1.40 bits per heavy atom. The normalized spacial score (nSPS) is 10.4. The average Bonchev–Trinajstić information content (AvgIpc) is 2.46. The molecule has 0 spiro atoms. The van der Waals surface area contributed by atoms with E-state index in [0.29, 0.717) is 5.39 Å². The number of pyridine rings is 1. The van der Waals surface area contributed by atoms with Gasteiger partial charge in [-0.3, -0.25) is 15.1 Å². The topological polar surface area (TPSA) is 68.1 Å². The van der Waals surface area contributed by atoms with Crippen LogP contribution in [-0.2, 0) is 0 Å². The molecule has 0 bridgehead atoms. The average molecular weight is 289 g/mol. The molecular formula is C14H15N3O2S. The highest BCUT2D eigenvalue weighted by atomic mass is 32.2. The maximum Gasteiger partial charge on any atom is 0.277 e. The lowest BCUT2D eigenvalue weighted by Gasteiger charge is -2.09. The van der Waals surface area contributed by atoms with Crippen molar-refractivity contribution < 1.29 is 4.92 Å². The fourth-order valence-electron chi connectivity index (χ4n) is 1.91. The lowest BCUT2D eigenvalue weighted by Crippen LogP contribution is -2.05. The van der Waals surface area contributed by atoms with E-state index < -0.39 is 0 Å². The molecule has 104 valence electrons. The third-order valence-corrected chi connectivity index (χ3v) is 3.75. The smallest absolute Gasteiger partial charge is 0.277 e. The molecule has 1 heterocycles. The third kappa shape index (κ3) is 3.27. The summed E-state index contributed by atoms with van der Waals surface area (Å²) in [5.74, 6) is 1.87. The second kappa shape index (κ2) is 6.91. The lowest BCUT2D eigenvalue weighted by molar-refractivity contribution is -0.383. The van der Waals surface area contributed by atoms with Crippen molar-refractivity contribution in [2.24, 2.45) is 0 Å². The molecule has 0 amide bonds. The van der Waals surface area contributed by atoms with Crippen molar-refractivity contribution in [1.82, 2.24) is 4.98 Å². The summed E-state index contributed by atoms with van der Waals surface area (Å²) in [4.78, 5) is 14.7. The summed E-state index contributed by atoms with van der Waals surface area (Å²) >= 11 is 1.78. The van der Waals surface area contributed by atoms with Crippen molar-refractivity contribution in [3.05, 3.63) is 53.4 Å². The van der Waals surface area contributed by atoms with Gasteiger partial charge in [-0.25, -0.2) is 0 Å². The van der Waals surface area contributed by atoms with Crippen LogP contribution in [0.4, 0.5) is 11.4 Å². The number of rotatable bonds is 7. The van der Waals surface area contributed by atoms with Crippen LogP contribution in [0.25, 0.3) is 10.8 Å². The highest BCUT2D eigenvalue weighted by Gasteiger charge is 2.13. The number of thioether (sulfide) groups is 1. The van der Waals surface area contributed by atoms with Crippen LogP contribution in [0.1, 0.15) is 0 Å². The predicted octanol–water partition coefficient (Wildman–Crippen LogP) is 3.47. The molecule has 1 aromatic carbocycles. The zero-order chi connectivity index (χ0) is 14.4. The Labute approximate surface area is 121 Å². The largest absolute Gasteiger partial charge is 0.384 e. The Kier molecular flexibility index (Phi) is 4.95. The van der Waals surface area contributed by atoms with Gasteiger partial charge in [-0.15, -0.1) is 6.58 Å². The molecule has 6 heteroatoms. The van der Waals surface area contributed by atoms with Gasteiger partial charge < -0.3 is 5.32 Å². The molecule has 0 aliphatic heterocycles. The highest BCUT2D eigenvalue weighted by molar-refractivity contribution is 7.99. The summed E-state index contributed by atoms with van der Waals surface area (Å²) in [6.45, 7) is 4.46. The third-order valence-electron chi connectivity index (χ3n) is 2.79. The first kappa shape index (κ1) is 14.3. The fourth-order valence-corrected chi connectivity index (χ4v) is 2.49. The Bertz CT molecular complexity index is 631. The molecule has 0 atom stereocenters. The number of hydrogen-bond donors (Lipinski definition) is 1. The van der Waals surface area contributed by atoms with E-state index in [1.807, 2.05) is 6.08 Å². The maximum absolute atomic E-state index is 11.0. The first-order valence-corrected chi connectivity index (χ1v) is 7.33. The monoisotopic (exact) mass is 289 g/mol. The standard InChI is InChI=1S/C14H15N3O2S/c1-2-8-20-9-7-16-13-3-4-14(17(18)19)11-5-6-15-10-12(11)13/h2-6,10,16H,1,7-9H2. The lowest BCUT2D eigenvalue weighted by atomic mass is 10.1. The van der Waals surface area contributed by atoms with Gasteiger partial charge in [-0.05, 0) is 12.1 Å². The molecule has 0 unspecified atom stereocenters. The second-order valence-electron chi connectivity index (χ2n) is 4.10. The summed E-state index contributed by atoms with van der Waals surface area (Å²) in [5, 5.41) is 15.7. The van der Waals surface area contributed by atoms with Crippen LogP contribution in [0.2, 0.25) is 0 Å². The van der Waals surface area contributed by atoms with Crippen LogP contribution in [0, 0.1) is 10.1 Å². The predicted molar refractivity (Wildman–Crippen MR) is 84.4 cm³/mol. The number of anilines is 1. The zero-order valence-electron chi connectivity index (χ0n) is 10.9. The molecule has 0 saturated heterocycles. The van der Waals surface area contributed by atoms with Crippen molar-refractivity contribution in [1.29, 1.82) is 0 Å². The maximum atomic E-state index is 11.0. The van der Waals surface area contributed by atoms with Crippen LogP contribution in [0.15, 0.2) is 43.2 Å². The molecule has 1 aromatic heterocycles. The number of non-ortho nitro benzene ring substituents is 1. The molecule has 5 nitrogen and oxygen atoms in total. The molecule has 20 heavy (non-hydrogen) atoms. The molecule has 2 rings (SSSR count). The van der Waals surface area contributed by atoms with Gasteiger partial charge in [0, 0.05) is 47.6 Å². The van der Waals surface area contributed by atoms with Gasteiger partial charge in [0.1, 0.15) is 0 Å². The van der Waals surface area contributed by atoms with Crippen LogP contribution in [0.5, 0.6) is 0 Å². The van der Waals surface area contributed by atoms with Gasteiger partial charge in [-0.2, -0.15) is 11.8 Å². The number of nitro benzene ring substituents is 1. The van der Waals surface area contributed by atoms with Crippen LogP contribution in [0.3, 0.4) is 0 Å². The summed E-state index contributed by atoms with van der Waals surface area (Å²) in [6.07, 6.45) is 5.09. The number of hydrogen-bond acceptors (Lipinski definition) is 5. The minimum absolute atomic E-state index is 0.106. The number of benzene rings is 1. The highest BCUT2D eigenvalue weighted by Crippen LogP contribution is 2.30. The van der Waals surface area contributed by atoms with E-state index >= 15 is 0 Å². The summed E-state index contributed by atoms with van der Waals surface area (Å²) in [7, 11) is 0. The number of fused-ring (bicyclic) bond motifs is 1. The molecule has 2 aromatic rings. The van der Waals surface area contributed by atoms with Crippen LogP contribution < -0.4 is 5.32 Å². The van der Waals surface area contributed by atoms with Gasteiger partial charge in [0.15, 0.2) is 0 Å². The molecule has 0 fully saturated rings. The van der Waals surface area contributed by atoms with E-state index in [4.69, 9.17) is 0 Å². The van der Waals surface area contributed by atoms with E-state index in [1.54, 1.807) is 36.3 Å². The van der Waals surface area contributed by atoms with E-state index in [9.17, 15) is 10.1 Å². The summed E-state index contributed by atoms with van der Waals surface area (Å²) in [5.41, 5.74) is 0.979. The first-order chi connectivity index (χ1) is 9.74. The van der Waals surface area contributed by atoms with Crippen LogP contribution in [-0.4, -0.2) is 28.0 Å². The Balaban J connectivity index is 2.20. The van der Waals surface area contributed by atoms with E-state index in [1.165, 1.54) is 6.07 Å². The fraction of sp³-hybridized carbons (Fsp3) is 0.214. The second-order valence-corrected chi connectivity index (χ2v) is 5.25. The van der Waals surface area contributed by atoms with Gasteiger partial charge in [-0.1, -0.05) is 6.08 Å². The molecule has 0 aliphatic rings. The van der Waals surface area contributed by atoms with E-state index in [0.717, 1.165) is 29.1 Å². The quantitative estimate of drug-likeness (QED) is 0.366. The first-order valence-electron chi connectivity index (χ1n) is 6.17. The minimum atomic E-state index is -0.369. The Morgan fingerprint density at radius 3 is 3.00 bits per heavy atom. The summed E-state index contributed by atoms with van der Waals surface area (Å²) in [6, 6.07) is 4.94. The molecule has 0 radical (unpaired) electrons. The Morgan fingerprint density at radius 2 is 2.25 bits per heavy atom. The van der Waals surface area contributed by atoms with Gasteiger partial charge >= 0.3 is 0 Å².